The van der Waals surface area contributed by atoms with Crippen LogP contribution in [0.1, 0.15) is 39.5 Å². The van der Waals surface area contributed by atoms with Crippen LogP contribution in [-0.2, 0) is 24.2 Å². The van der Waals surface area contributed by atoms with Crippen LogP contribution in [0.25, 0.3) is 0 Å². The van der Waals surface area contributed by atoms with E-state index in [-0.39, 0.29) is 11.6 Å². The average Bonchev–Trinajstić information content (AvgIpc) is 3.28. The highest BCUT2D eigenvalue weighted by Crippen LogP contribution is 2.18. The zero-order valence-corrected chi connectivity index (χ0v) is 16.3. The Hall–Kier alpha value is -3.14. The molecule has 0 atom stereocenters. The SMILES string of the molecule is Cc1cccc(CC(=O)Nc2nnc(CCCCn3cc(C(N)=O)nn3)s2)c1. The highest BCUT2D eigenvalue weighted by atomic mass is 32.1. The van der Waals surface area contributed by atoms with E-state index in [9.17, 15) is 9.59 Å². The van der Waals surface area contributed by atoms with Gasteiger partial charge in [0, 0.05) is 13.0 Å². The molecular weight excluding hydrogens is 378 g/mol. The molecule has 28 heavy (non-hydrogen) atoms. The third-order valence-electron chi connectivity index (χ3n) is 3.98. The van der Waals surface area contributed by atoms with Gasteiger partial charge in [-0.15, -0.1) is 15.3 Å². The Morgan fingerprint density at radius 2 is 2.07 bits per heavy atom. The smallest absolute Gasteiger partial charge is 0.270 e. The minimum atomic E-state index is -0.586. The van der Waals surface area contributed by atoms with Gasteiger partial charge in [0.1, 0.15) is 5.01 Å². The van der Waals surface area contributed by atoms with Crippen molar-refractivity contribution >= 4 is 28.3 Å². The van der Waals surface area contributed by atoms with E-state index in [2.05, 4.69) is 25.8 Å². The Bertz CT molecular complexity index is 966. The second kappa shape index (κ2) is 9.18. The highest BCUT2D eigenvalue weighted by Gasteiger charge is 2.10. The first kappa shape index (κ1) is 19.6. The van der Waals surface area contributed by atoms with Crippen LogP contribution in [0, 0.1) is 6.92 Å². The Balaban J connectivity index is 1.41. The maximum Gasteiger partial charge on any atom is 0.270 e. The molecule has 0 aliphatic carbocycles. The lowest BCUT2D eigenvalue weighted by atomic mass is 10.1. The number of carbonyl (C=O) groups is 2. The molecule has 0 saturated heterocycles. The van der Waals surface area contributed by atoms with E-state index >= 15 is 0 Å². The number of aromatic nitrogens is 5. The molecule has 0 saturated carbocycles. The normalized spacial score (nSPS) is 10.8. The number of rotatable bonds is 9. The van der Waals surface area contributed by atoms with Crippen molar-refractivity contribution in [2.24, 2.45) is 5.73 Å². The van der Waals surface area contributed by atoms with Gasteiger partial charge < -0.3 is 11.1 Å². The quantitative estimate of drug-likeness (QED) is 0.527. The molecule has 2 heterocycles. The summed E-state index contributed by atoms with van der Waals surface area (Å²) in [4.78, 5) is 23.1. The van der Waals surface area contributed by atoms with Crippen LogP contribution in [0.3, 0.4) is 0 Å². The summed E-state index contributed by atoms with van der Waals surface area (Å²) in [6, 6.07) is 7.86. The van der Waals surface area contributed by atoms with E-state index in [0.29, 0.717) is 18.1 Å². The summed E-state index contributed by atoms with van der Waals surface area (Å²) in [5.74, 6) is -0.693. The topological polar surface area (TPSA) is 129 Å². The average molecular weight is 399 g/mol. The molecule has 0 aliphatic heterocycles. The molecule has 10 heteroatoms. The van der Waals surface area contributed by atoms with E-state index in [4.69, 9.17) is 5.73 Å². The maximum atomic E-state index is 12.1. The van der Waals surface area contributed by atoms with E-state index in [1.165, 1.54) is 17.5 Å². The van der Waals surface area contributed by atoms with Gasteiger partial charge in [0.05, 0.1) is 12.6 Å². The van der Waals surface area contributed by atoms with E-state index in [1.54, 1.807) is 4.68 Å². The summed E-state index contributed by atoms with van der Waals surface area (Å²) in [5.41, 5.74) is 7.40. The molecule has 0 spiro atoms. The van der Waals surface area contributed by atoms with Gasteiger partial charge in [-0.05, 0) is 25.3 Å². The van der Waals surface area contributed by atoms with Crippen LogP contribution in [0.4, 0.5) is 5.13 Å². The first-order valence-corrected chi connectivity index (χ1v) is 9.69. The molecule has 2 amide bonds. The molecule has 2 aromatic heterocycles. The van der Waals surface area contributed by atoms with E-state index in [0.717, 1.165) is 35.4 Å². The first-order chi connectivity index (χ1) is 13.5. The number of hydrogen-bond donors (Lipinski definition) is 2. The molecule has 3 aromatic rings. The summed E-state index contributed by atoms with van der Waals surface area (Å²) in [6.45, 7) is 2.64. The number of aryl methyl sites for hydroxylation is 3. The van der Waals surface area contributed by atoms with Crippen molar-refractivity contribution in [3.05, 3.63) is 52.3 Å². The standard InChI is InChI=1S/C18H21N7O2S/c1-12-5-4-6-13(9-12)10-15(26)20-18-23-22-16(28-18)7-2-3-8-25-11-14(17(19)27)21-24-25/h4-6,9,11H,2-3,7-8,10H2,1H3,(H2,19,27)(H,20,23,26). The molecule has 0 bridgehead atoms. The second-order valence-electron chi connectivity index (χ2n) is 6.40. The minimum Gasteiger partial charge on any atom is -0.364 e. The van der Waals surface area contributed by atoms with Gasteiger partial charge in [-0.25, -0.2) is 0 Å². The third-order valence-corrected chi connectivity index (χ3v) is 4.88. The zero-order chi connectivity index (χ0) is 19.9. The van der Waals surface area contributed by atoms with E-state index in [1.807, 2.05) is 31.2 Å². The van der Waals surface area contributed by atoms with Crippen LogP contribution >= 0.6 is 11.3 Å². The summed E-state index contributed by atoms with van der Waals surface area (Å²) in [6.07, 6.45) is 4.31. The lowest BCUT2D eigenvalue weighted by Gasteiger charge is -2.02. The van der Waals surface area contributed by atoms with Crippen molar-refractivity contribution in [1.82, 2.24) is 25.2 Å². The maximum absolute atomic E-state index is 12.1. The Kier molecular flexibility index (Phi) is 6.43. The number of amides is 2. The fourth-order valence-corrected chi connectivity index (χ4v) is 3.44. The Morgan fingerprint density at radius 1 is 1.21 bits per heavy atom. The van der Waals surface area contributed by atoms with Crippen molar-refractivity contribution in [2.75, 3.05) is 5.32 Å². The molecule has 0 aliphatic rings. The largest absolute Gasteiger partial charge is 0.364 e. The molecule has 146 valence electrons. The summed E-state index contributed by atoms with van der Waals surface area (Å²) < 4.78 is 1.59. The third kappa shape index (κ3) is 5.68. The van der Waals surface area contributed by atoms with Crippen LogP contribution < -0.4 is 11.1 Å². The van der Waals surface area contributed by atoms with Crippen molar-refractivity contribution in [2.45, 2.75) is 39.2 Å². The van der Waals surface area contributed by atoms with Gasteiger partial charge in [0.25, 0.3) is 5.91 Å². The number of anilines is 1. The zero-order valence-electron chi connectivity index (χ0n) is 15.5. The van der Waals surface area contributed by atoms with Gasteiger partial charge in [-0.3, -0.25) is 14.3 Å². The first-order valence-electron chi connectivity index (χ1n) is 8.87. The fraction of sp³-hybridized carbons (Fsp3) is 0.333. The summed E-state index contributed by atoms with van der Waals surface area (Å²) >= 11 is 1.38. The van der Waals surface area contributed by atoms with Crippen LogP contribution in [0.15, 0.2) is 30.5 Å². The summed E-state index contributed by atoms with van der Waals surface area (Å²) in [7, 11) is 0. The predicted molar refractivity (Wildman–Crippen MR) is 105 cm³/mol. The predicted octanol–water partition coefficient (Wildman–Crippen LogP) is 1.74. The molecular formula is C18H21N7O2S. The minimum absolute atomic E-state index is 0.107. The number of carbonyl (C=O) groups excluding carboxylic acids is 2. The van der Waals surface area contributed by atoms with E-state index < -0.39 is 5.91 Å². The number of unbranched alkanes of at least 4 members (excludes halogenated alkanes) is 1. The van der Waals surface area contributed by atoms with Crippen LogP contribution in [0.2, 0.25) is 0 Å². The monoisotopic (exact) mass is 399 g/mol. The van der Waals surface area contributed by atoms with Gasteiger partial charge in [-0.2, -0.15) is 0 Å². The van der Waals surface area contributed by atoms with Crippen LogP contribution in [0.5, 0.6) is 0 Å². The van der Waals surface area contributed by atoms with Crippen molar-refractivity contribution < 1.29 is 9.59 Å². The molecule has 3 N–H and O–H groups in total. The summed E-state index contributed by atoms with van der Waals surface area (Å²) in [5, 5.41) is 19.9. The van der Waals surface area contributed by atoms with Gasteiger partial charge >= 0.3 is 0 Å². The van der Waals surface area contributed by atoms with Gasteiger partial charge in [-0.1, -0.05) is 46.4 Å². The number of hydrogen-bond acceptors (Lipinski definition) is 7. The molecule has 0 unspecified atom stereocenters. The number of nitrogens with two attached hydrogens (primary N) is 1. The van der Waals surface area contributed by atoms with Gasteiger partial charge in [0.2, 0.25) is 11.0 Å². The lowest BCUT2D eigenvalue weighted by molar-refractivity contribution is -0.115. The number of primary amides is 1. The Morgan fingerprint density at radius 3 is 2.82 bits per heavy atom. The fourth-order valence-electron chi connectivity index (χ4n) is 2.65. The molecule has 0 radical (unpaired) electrons. The lowest BCUT2D eigenvalue weighted by Crippen LogP contribution is -2.14. The number of nitrogens with zero attached hydrogens (tertiary/aromatic N) is 5. The highest BCUT2D eigenvalue weighted by molar-refractivity contribution is 7.15. The molecule has 1 aromatic carbocycles. The van der Waals surface area contributed by atoms with Crippen molar-refractivity contribution in [3.8, 4) is 0 Å². The second-order valence-corrected chi connectivity index (χ2v) is 7.47. The van der Waals surface area contributed by atoms with Gasteiger partial charge in [0.15, 0.2) is 5.69 Å². The number of nitrogens with one attached hydrogen (secondary N) is 1. The van der Waals surface area contributed by atoms with Crippen molar-refractivity contribution in [1.29, 1.82) is 0 Å². The molecule has 9 nitrogen and oxygen atoms in total. The Labute approximate surface area is 166 Å². The molecule has 3 rings (SSSR count). The number of benzene rings is 1. The van der Waals surface area contributed by atoms with Crippen LogP contribution in [-0.4, -0.2) is 37.0 Å². The van der Waals surface area contributed by atoms with Crippen molar-refractivity contribution in [3.63, 3.8) is 0 Å². The molecule has 0 fully saturated rings.